The first kappa shape index (κ1) is 25.6. The van der Waals surface area contributed by atoms with Gasteiger partial charge in [0, 0.05) is 46.2 Å². The summed E-state index contributed by atoms with van der Waals surface area (Å²) in [7, 11) is 0. The Morgan fingerprint density at radius 3 is 2.58 bits per heavy atom. The zero-order valence-corrected chi connectivity index (χ0v) is 21.3. The summed E-state index contributed by atoms with van der Waals surface area (Å²) < 4.78 is 26.8. The molecule has 3 rings (SSSR count). The third kappa shape index (κ3) is 6.33. The van der Waals surface area contributed by atoms with Crippen molar-refractivity contribution in [2.75, 3.05) is 19.6 Å². The van der Waals surface area contributed by atoms with Gasteiger partial charge in [-0.25, -0.2) is 8.78 Å². The Balaban J connectivity index is 1.67. The Kier molecular flexibility index (Phi) is 8.17. The second-order valence-electron chi connectivity index (χ2n) is 9.61. The third-order valence-electron chi connectivity index (χ3n) is 6.85. The van der Waals surface area contributed by atoms with Crippen molar-refractivity contribution < 1.29 is 8.78 Å². The molecule has 0 radical (unpaired) electrons. The zero-order valence-electron chi connectivity index (χ0n) is 20.5. The Bertz CT molecular complexity index is 1030. The summed E-state index contributed by atoms with van der Waals surface area (Å²) in [6.07, 6.45) is 2.94. The minimum atomic E-state index is -2.63. The fourth-order valence-corrected chi connectivity index (χ4v) is 6.51. The lowest BCUT2D eigenvalue weighted by molar-refractivity contribution is -0.0232. The van der Waals surface area contributed by atoms with E-state index in [1.54, 1.807) is 11.3 Å². The van der Waals surface area contributed by atoms with Crippen molar-refractivity contribution in [1.82, 2.24) is 15.2 Å². The van der Waals surface area contributed by atoms with Crippen LogP contribution in [0.3, 0.4) is 0 Å². The summed E-state index contributed by atoms with van der Waals surface area (Å²) in [5.41, 5.74) is 5.65. The molecule has 33 heavy (non-hydrogen) atoms. The highest BCUT2D eigenvalue weighted by Crippen LogP contribution is 2.41. The van der Waals surface area contributed by atoms with Crippen LogP contribution in [0.15, 0.2) is 22.8 Å². The largest absolute Gasteiger partial charge is 0.381 e. The van der Waals surface area contributed by atoms with Crippen LogP contribution in [0.4, 0.5) is 8.78 Å². The summed E-state index contributed by atoms with van der Waals surface area (Å²) in [5.74, 6) is -1.69. The van der Waals surface area contributed by atoms with E-state index in [0.29, 0.717) is 18.4 Å². The van der Waals surface area contributed by atoms with Crippen LogP contribution < -0.4 is 10.9 Å². The second kappa shape index (κ2) is 10.5. The van der Waals surface area contributed by atoms with Crippen LogP contribution >= 0.6 is 11.3 Å². The average molecular weight is 478 g/mol. The van der Waals surface area contributed by atoms with Gasteiger partial charge >= 0.3 is 0 Å². The number of alkyl halides is 2. The number of pyridine rings is 1. The summed E-state index contributed by atoms with van der Waals surface area (Å²) in [5, 5.41) is 5.50. The highest BCUT2D eigenvalue weighted by molar-refractivity contribution is 7.10. The Labute approximate surface area is 200 Å². The van der Waals surface area contributed by atoms with E-state index in [2.05, 4.69) is 36.1 Å². The van der Waals surface area contributed by atoms with Crippen LogP contribution in [0.1, 0.15) is 71.9 Å². The van der Waals surface area contributed by atoms with Crippen LogP contribution in [-0.4, -0.2) is 35.4 Å². The maximum absolute atomic E-state index is 13.4. The summed E-state index contributed by atoms with van der Waals surface area (Å²) >= 11 is 1.77. The number of likely N-dealkylation sites (tertiary alicyclic amines) is 1. The third-order valence-corrected chi connectivity index (χ3v) is 8.07. The Hall–Kier alpha value is -1.99. The Morgan fingerprint density at radius 2 is 2.00 bits per heavy atom. The fourth-order valence-electron chi connectivity index (χ4n) is 5.13. The first-order valence-corrected chi connectivity index (χ1v) is 12.7. The fraction of sp³-hybridized carbons (Fsp3) is 0.577. The molecule has 0 saturated carbocycles. The topological polar surface area (TPSA) is 48.1 Å². The van der Waals surface area contributed by atoms with Gasteiger partial charge in [-0.3, -0.25) is 9.69 Å². The first-order valence-electron chi connectivity index (χ1n) is 11.8. The normalized spacial score (nSPS) is 16.7. The highest BCUT2D eigenvalue weighted by Gasteiger charge is 2.32. The lowest BCUT2D eigenvalue weighted by Gasteiger charge is -2.36. The molecule has 0 aromatic carbocycles. The number of hydrogen-bond donors (Lipinski definition) is 2. The van der Waals surface area contributed by atoms with E-state index in [1.165, 1.54) is 10.4 Å². The van der Waals surface area contributed by atoms with Gasteiger partial charge < -0.3 is 10.3 Å². The molecule has 2 N–H and O–H groups in total. The predicted octanol–water partition coefficient (Wildman–Crippen LogP) is 5.98. The molecule has 7 heteroatoms. The molecular formula is C26H37F2N3OS. The summed E-state index contributed by atoms with van der Waals surface area (Å²) in [6, 6.07) is 1.98. The average Bonchev–Trinajstić information content (AvgIpc) is 3.09. The molecule has 0 amide bonds. The number of nitrogens with one attached hydrogen (secondary N) is 2. The van der Waals surface area contributed by atoms with E-state index >= 15 is 0 Å². The minimum absolute atomic E-state index is 0.0613. The van der Waals surface area contributed by atoms with Crippen molar-refractivity contribution in [2.45, 2.75) is 72.3 Å². The van der Waals surface area contributed by atoms with Gasteiger partial charge in [-0.15, -0.1) is 11.3 Å². The number of nitrogens with zero attached hydrogens (tertiary/aromatic N) is 1. The predicted molar refractivity (Wildman–Crippen MR) is 134 cm³/mol. The van der Waals surface area contributed by atoms with Crippen LogP contribution in [-0.2, 0) is 6.54 Å². The number of hydrogen-bond acceptors (Lipinski definition) is 4. The van der Waals surface area contributed by atoms with Gasteiger partial charge in [0.05, 0.1) is 6.54 Å². The van der Waals surface area contributed by atoms with Crippen molar-refractivity contribution >= 4 is 17.0 Å². The molecular weight excluding hydrogens is 440 g/mol. The molecule has 3 heterocycles. The zero-order chi connectivity index (χ0) is 24.3. The van der Waals surface area contributed by atoms with Gasteiger partial charge in [-0.2, -0.15) is 0 Å². The van der Waals surface area contributed by atoms with Crippen molar-refractivity contribution in [3.63, 3.8) is 0 Å². The second-order valence-corrected chi connectivity index (χ2v) is 10.5. The van der Waals surface area contributed by atoms with Crippen LogP contribution in [0.5, 0.6) is 0 Å². The smallest absolute Gasteiger partial charge is 0.257 e. The lowest BCUT2D eigenvalue weighted by atomic mass is 9.80. The standard InChI is InChI=1S/C26H37F2N3OS/c1-7-21(20-8-10-31(11-9-20)15-26(6,27)28)24-18(4)23(14-33-24)19(5)29-13-22-16(2)12-17(3)30-25(22)32/h12,14,20-21,29H,5,7-11,13,15H2,1-4,6H3,(H,30,32)/t21-/m0/s1. The number of aromatic nitrogens is 1. The number of thiophene rings is 1. The lowest BCUT2D eigenvalue weighted by Crippen LogP contribution is -2.41. The molecule has 0 bridgehead atoms. The molecule has 1 atom stereocenters. The maximum atomic E-state index is 13.4. The van der Waals surface area contributed by atoms with Gasteiger partial charge in [0.1, 0.15) is 0 Å². The number of rotatable bonds is 9. The van der Waals surface area contributed by atoms with Crippen molar-refractivity contribution in [2.24, 2.45) is 5.92 Å². The number of H-pyrrole nitrogens is 1. The number of halogens is 2. The molecule has 0 unspecified atom stereocenters. The summed E-state index contributed by atoms with van der Waals surface area (Å²) in [6.45, 7) is 15.2. The highest BCUT2D eigenvalue weighted by atomic mass is 32.1. The number of piperidine rings is 1. The quantitative estimate of drug-likeness (QED) is 0.467. The maximum Gasteiger partial charge on any atom is 0.257 e. The molecule has 1 fully saturated rings. The molecule has 0 spiro atoms. The molecule has 4 nitrogen and oxygen atoms in total. The van der Waals surface area contributed by atoms with Crippen LogP contribution in [0.25, 0.3) is 5.70 Å². The van der Waals surface area contributed by atoms with E-state index in [1.807, 2.05) is 24.8 Å². The molecule has 182 valence electrons. The van der Waals surface area contributed by atoms with Crippen molar-refractivity contribution in [3.8, 4) is 0 Å². The van der Waals surface area contributed by atoms with E-state index in [9.17, 15) is 13.6 Å². The van der Waals surface area contributed by atoms with Gasteiger partial charge in [-0.1, -0.05) is 13.5 Å². The monoisotopic (exact) mass is 477 g/mol. The number of aromatic amines is 1. The molecule has 2 aromatic heterocycles. The van der Waals surface area contributed by atoms with Gasteiger partial charge in [-0.05, 0) is 82.2 Å². The SMILES string of the molecule is C=C(NCc1c(C)cc(C)[nH]c1=O)c1csc([C@@H](CC)C2CCN(CC(C)(F)F)CC2)c1C. The van der Waals surface area contributed by atoms with E-state index in [4.69, 9.17) is 0 Å². The molecule has 2 aromatic rings. The summed E-state index contributed by atoms with van der Waals surface area (Å²) in [4.78, 5) is 18.5. The van der Waals surface area contributed by atoms with Gasteiger partial charge in [0.25, 0.3) is 11.5 Å². The van der Waals surface area contributed by atoms with Gasteiger partial charge in [0.15, 0.2) is 0 Å². The van der Waals surface area contributed by atoms with E-state index in [-0.39, 0.29) is 12.1 Å². The van der Waals surface area contributed by atoms with Crippen molar-refractivity contribution in [3.05, 3.63) is 61.2 Å². The van der Waals surface area contributed by atoms with Gasteiger partial charge in [0.2, 0.25) is 0 Å². The first-order chi connectivity index (χ1) is 15.5. The van der Waals surface area contributed by atoms with Crippen molar-refractivity contribution in [1.29, 1.82) is 0 Å². The minimum Gasteiger partial charge on any atom is -0.381 e. The molecule has 1 aliphatic heterocycles. The Morgan fingerprint density at radius 1 is 1.33 bits per heavy atom. The molecule has 0 aliphatic carbocycles. The van der Waals surface area contributed by atoms with Crippen LogP contribution in [0.2, 0.25) is 0 Å². The molecule has 1 aliphatic rings. The number of aryl methyl sites for hydroxylation is 2. The van der Waals surface area contributed by atoms with E-state index < -0.39 is 5.92 Å². The molecule has 1 saturated heterocycles. The van der Waals surface area contributed by atoms with Crippen LogP contribution in [0, 0.1) is 26.7 Å². The van der Waals surface area contributed by atoms with E-state index in [0.717, 1.165) is 67.4 Å².